The molecule has 0 unspecified atom stereocenters. The van der Waals surface area contributed by atoms with E-state index >= 15 is 0 Å². The van der Waals surface area contributed by atoms with Gasteiger partial charge >= 0.3 is 0 Å². The number of nitro groups is 1. The summed E-state index contributed by atoms with van der Waals surface area (Å²) < 4.78 is 10.4. The molecule has 0 aliphatic heterocycles. The Morgan fingerprint density at radius 1 is 1.17 bits per heavy atom. The van der Waals surface area contributed by atoms with E-state index in [2.05, 4.69) is 5.32 Å². The maximum absolute atomic E-state index is 11.9. The van der Waals surface area contributed by atoms with Gasteiger partial charge in [-0.25, -0.2) is 0 Å². The number of carbonyl (C=O) groups excluding carboxylic acids is 1. The summed E-state index contributed by atoms with van der Waals surface area (Å²) in [7, 11) is 1.42. The summed E-state index contributed by atoms with van der Waals surface area (Å²) in [6, 6.07) is 13.6. The van der Waals surface area contributed by atoms with Gasteiger partial charge in [-0.05, 0) is 30.7 Å². The maximum atomic E-state index is 11.9. The number of anilines is 1. The van der Waals surface area contributed by atoms with Crippen LogP contribution in [0.25, 0.3) is 0 Å². The summed E-state index contributed by atoms with van der Waals surface area (Å²) in [6.45, 7) is 0.391. The number of methoxy groups -OCH3 is 1. The Morgan fingerprint density at radius 3 is 2.58 bits per heavy atom. The van der Waals surface area contributed by atoms with E-state index in [4.69, 9.17) is 9.47 Å². The van der Waals surface area contributed by atoms with E-state index in [1.54, 1.807) is 6.07 Å². The summed E-state index contributed by atoms with van der Waals surface area (Å²) in [5.41, 5.74) is -0.0574. The van der Waals surface area contributed by atoms with Crippen LogP contribution in [0, 0.1) is 10.1 Å². The van der Waals surface area contributed by atoms with Gasteiger partial charge in [0.25, 0.3) is 5.69 Å². The Kier molecular flexibility index (Phi) is 6.13. The molecule has 0 heterocycles. The highest BCUT2D eigenvalue weighted by atomic mass is 16.6. The molecule has 7 heteroatoms. The summed E-state index contributed by atoms with van der Waals surface area (Å²) >= 11 is 0. The Balaban J connectivity index is 1.85. The Hall–Kier alpha value is -3.09. The summed E-state index contributed by atoms with van der Waals surface area (Å²) in [5, 5.41) is 13.6. The van der Waals surface area contributed by atoms with Crippen LogP contribution in [0.4, 0.5) is 11.4 Å². The van der Waals surface area contributed by atoms with Crippen LogP contribution >= 0.6 is 0 Å². The molecule has 0 aliphatic rings. The zero-order valence-electron chi connectivity index (χ0n) is 13.2. The third kappa shape index (κ3) is 4.98. The van der Waals surface area contributed by atoms with Crippen LogP contribution in [-0.4, -0.2) is 24.5 Å². The van der Waals surface area contributed by atoms with E-state index in [0.29, 0.717) is 18.8 Å². The lowest BCUT2D eigenvalue weighted by atomic mass is 10.2. The van der Waals surface area contributed by atoms with Crippen molar-refractivity contribution in [1.82, 2.24) is 0 Å². The number of ether oxygens (including phenoxy) is 2. The second-order valence-corrected chi connectivity index (χ2v) is 4.95. The number of hydrogen-bond donors (Lipinski definition) is 1. The number of para-hydroxylation sites is 1. The van der Waals surface area contributed by atoms with Crippen molar-refractivity contribution in [3.8, 4) is 11.5 Å². The van der Waals surface area contributed by atoms with E-state index in [0.717, 1.165) is 5.75 Å². The van der Waals surface area contributed by atoms with Crippen molar-refractivity contribution in [2.24, 2.45) is 0 Å². The molecule has 0 aliphatic carbocycles. The molecule has 1 N–H and O–H groups in total. The Bertz CT molecular complexity index is 703. The van der Waals surface area contributed by atoms with Gasteiger partial charge in [0, 0.05) is 6.42 Å². The van der Waals surface area contributed by atoms with Gasteiger partial charge in [0.15, 0.2) is 0 Å². The summed E-state index contributed by atoms with van der Waals surface area (Å²) in [5.74, 6) is 0.791. The van der Waals surface area contributed by atoms with Gasteiger partial charge < -0.3 is 14.8 Å². The van der Waals surface area contributed by atoms with E-state index < -0.39 is 4.92 Å². The van der Waals surface area contributed by atoms with Crippen molar-refractivity contribution in [3.05, 3.63) is 58.6 Å². The molecular weight excluding hydrogens is 312 g/mol. The number of benzene rings is 2. The molecule has 0 aromatic heterocycles. The smallest absolute Gasteiger partial charge is 0.296 e. The van der Waals surface area contributed by atoms with Gasteiger partial charge in [-0.1, -0.05) is 18.2 Å². The molecule has 24 heavy (non-hydrogen) atoms. The average Bonchev–Trinajstić information content (AvgIpc) is 2.60. The minimum absolute atomic E-state index is 0.148. The maximum Gasteiger partial charge on any atom is 0.296 e. The quantitative estimate of drug-likeness (QED) is 0.455. The van der Waals surface area contributed by atoms with Crippen molar-refractivity contribution in [3.63, 3.8) is 0 Å². The molecule has 7 nitrogen and oxygen atoms in total. The van der Waals surface area contributed by atoms with Gasteiger partial charge in [0.2, 0.25) is 5.91 Å². The first-order valence-electron chi connectivity index (χ1n) is 7.40. The van der Waals surface area contributed by atoms with Crippen LogP contribution in [0.2, 0.25) is 0 Å². The number of hydrogen-bond acceptors (Lipinski definition) is 5. The number of amides is 1. The van der Waals surface area contributed by atoms with E-state index in [9.17, 15) is 14.9 Å². The third-order valence-corrected chi connectivity index (χ3v) is 3.24. The lowest BCUT2D eigenvalue weighted by Gasteiger charge is -2.08. The molecule has 0 bridgehead atoms. The molecule has 0 fully saturated rings. The molecule has 1 amide bonds. The molecule has 0 saturated carbocycles. The van der Waals surface area contributed by atoms with Crippen LogP contribution in [0.5, 0.6) is 11.5 Å². The fourth-order valence-electron chi connectivity index (χ4n) is 2.05. The van der Waals surface area contributed by atoms with E-state index in [1.165, 1.54) is 19.2 Å². The van der Waals surface area contributed by atoms with Crippen molar-refractivity contribution < 1.29 is 19.2 Å². The summed E-state index contributed by atoms with van der Waals surface area (Å²) in [6.07, 6.45) is 0.709. The van der Waals surface area contributed by atoms with Gasteiger partial charge in [-0.15, -0.1) is 0 Å². The zero-order valence-corrected chi connectivity index (χ0v) is 13.2. The first kappa shape index (κ1) is 17.3. The molecule has 0 spiro atoms. The highest BCUT2D eigenvalue weighted by molar-refractivity contribution is 5.93. The third-order valence-electron chi connectivity index (χ3n) is 3.24. The molecule has 2 aromatic carbocycles. The predicted molar refractivity (Wildman–Crippen MR) is 89.4 cm³/mol. The average molecular weight is 330 g/mol. The second-order valence-electron chi connectivity index (χ2n) is 4.95. The minimum Gasteiger partial charge on any atom is -0.496 e. The molecule has 2 aromatic rings. The van der Waals surface area contributed by atoms with Crippen LogP contribution in [0.1, 0.15) is 12.8 Å². The van der Waals surface area contributed by atoms with Crippen molar-refractivity contribution >= 4 is 17.3 Å². The monoisotopic (exact) mass is 330 g/mol. The second kappa shape index (κ2) is 8.52. The number of nitrogens with zero attached hydrogens (tertiary/aromatic N) is 1. The van der Waals surface area contributed by atoms with Crippen LogP contribution in [0.3, 0.4) is 0 Å². The van der Waals surface area contributed by atoms with Crippen molar-refractivity contribution in [2.45, 2.75) is 12.8 Å². The van der Waals surface area contributed by atoms with Crippen LogP contribution < -0.4 is 14.8 Å². The molecular formula is C17H18N2O5. The van der Waals surface area contributed by atoms with Crippen molar-refractivity contribution in [2.75, 3.05) is 19.0 Å². The van der Waals surface area contributed by atoms with Gasteiger partial charge in [-0.2, -0.15) is 0 Å². The van der Waals surface area contributed by atoms with E-state index in [-0.39, 0.29) is 23.7 Å². The number of nitrogens with one attached hydrogen (secondary N) is 1. The van der Waals surface area contributed by atoms with Crippen LogP contribution in [0.15, 0.2) is 48.5 Å². The number of nitro benzene ring substituents is 1. The standard InChI is InChI=1S/C17H18N2O5/c1-23-14-9-10-15(16(12-14)19(21)22)18-17(20)8-5-11-24-13-6-3-2-4-7-13/h2-4,6-7,9-10,12H,5,8,11H2,1H3,(H,18,20). The molecule has 0 radical (unpaired) electrons. The minimum atomic E-state index is -0.559. The number of rotatable bonds is 8. The first-order valence-corrected chi connectivity index (χ1v) is 7.40. The predicted octanol–water partition coefficient (Wildman–Crippen LogP) is 3.40. The highest BCUT2D eigenvalue weighted by Crippen LogP contribution is 2.29. The van der Waals surface area contributed by atoms with Crippen molar-refractivity contribution in [1.29, 1.82) is 0 Å². The van der Waals surface area contributed by atoms with Gasteiger partial charge in [0.1, 0.15) is 17.2 Å². The Morgan fingerprint density at radius 2 is 1.92 bits per heavy atom. The highest BCUT2D eigenvalue weighted by Gasteiger charge is 2.17. The lowest BCUT2D eigenvalue weighted by Crippen LogP contribution is -2.14. The Labute approximate surface area is 139 Å². The van der Waals surface area contributed by atoms with Gasteiger partial charge in [-0.3, -0.25) is 14.9 Å². The fraction of sp³-hybridized carbons (Fsp3) is 0.235. The first-order chi connectivity index (χ1) is 11.6. The van der Waals surface area contributed by atoms with Gasteiger partial charge in [0.05, 0.1) is 24.7 Å². The van der Waals surface area contributed by atoms with E-state index in [1.807, 2.05) is 30.3 Å². The largest absolute Gasteiger partial charge is 0.496 e. The topological polar surface area (TPSA) is 90.7 Å². The molecule has 126 valence electrons. The SMILES string of the molecule is COc1ccc(NC(=O)CCCOc2ccccc2)c([N+](=O)[O-])c1. The zero-order chi connectivity index (χ0) is 17.4. The number of carbonyl (C=O) groups is 1. The molecule has 2 rings (SSSR count). The lowest BCUT2D eigenvalue weighted by molar-refractivity contribution is -0.384. The summed E-state index contributed by atoms with van der Waals surface area (Å²) in [4.78, 5) is 22.4. The molecule has 0 saturated heterocycles. The fourth-order valence-corrected chi connectivity index (χ4v) is 2.05. The molecule has 0 atom stereocenters. The van der Waals surface area contributed by atoms with Crippen LogP contribution in [-0.2, 0) is 4.79 Å². The normalized spacial score (nSPS) is 10.0.